The number of nitrogens with zero attached hydrogens (tertiary/aromatic N) is 2. The molecule has 1 aromatic rings. The van der Waals surface area contributed by atoms with E-state index >= 15 is 0 Å². The predicted molar refractivity (Wildman–Crippen MR) is 87.0 cm³/mol. The molecule has 11 nitrogen and oxygen atoms in total. The molecule has 1 rings (SSSR count). The second-order valence-corrected chi connectivity index (χ2v) is 4.29. The average molecular weight is 343 g/mol. The van der Waals surface area contributed by atoms with Crippen LogP contribution >= 0.6 is 0 Å². The third-order valence-electron chi connectivity index (χ3n) is 2.56. The molecule has 4 N–H and O–H groups in total. The first kappa shape index (κ1) is 21.2. The number of aliphatic hydroxyl groups is 1. The zero-order valence-corrected chi connectivity index (χ0v) is 13.9. The van der Waals surface area contributed by atoms with E-state index in [4.69, 9.17) is 0 Å². The summed E-state index contributed by atoms with van der Waals surface area (Å²) in [6.45, 7) is 6.30. The Labute approximate surface area is 137 Å². The minimum Gasteiger partial charge on any atom is -0.385 e. The fourth-order valence-electron chi connectivity index (χ4n) is 1.50. The van der Waals surface area contributed by atoms with Gasteiger partial charge in [-0.05, 0) is 6.42 Å². The number of rotatable bonds is 7. The summed E-state index contributed by atoms with van der Waals surface area (Å²) >= 11 is 0. The van der Waals surface area contributed by atoms with Gasteiger partial charge in [0.2, 0.25) is 17.7 Å². The quantitative estimate of drug-likeness (QED) is 0.408. The van der Waals surface area contributed by atoms with Crippen molar-refractivity contribution in [3.05, 3.63) is 20.5 Å². The highest BCUT2D eigenvalue weighted by Crippen LogP contribution is 2.17. The molecular weight excluding hydrogens is 322 g/mol. The number of aromatic nitrogens is 2. The molecule has 1 atom stereocenters. The molecule has 1 amide bonds. The van der Waals surface area contributed by atoms with Crippen molar-refractivity contribution in [3.63, 3.8) is 0 Å². The summed E-state index contributed by atoms with van der Waals surface area (Å²) in [6, 6.07) is 0. The standard InChI is InChI=1S/C11H15N5O6.C2H6/c1-3-6(18)7(19)4-12-9-8(16(21)22)10(20)15-11(14-9)13-5(2)17;1-2/h6,18H,3-4H2,1-2H3,(H3,12,13,14,15,17,20);1-2H3. The van der Waals surface area contributed by atoms with Gasteiger partial charge in [0.15, 0.2) is 5.78 Å². The van der Waals surface area contributed by atoms with Crippen molar-refractivity contribution in [1.82, 2.24) is 9.97 Å². The van der Waals surface area contributed by atoms with Crippen LogP contribution in [0, 0.1) is 10.1 Å². The van der Waals surface area contributed by atoms with E-state index in [0.717, 1.165) is 6.92 Å². The Bertz CT molecular complexity index is 657. The molecule has 0 saturated heterocycles. The molecule has 1 heterocycles. The number of Topliss-reactive ketones (excluding diaryl/α,β-unsaturated/α-hetero) is 1. The van der Waals surface area contributed by atoms with Gasteiger partial charge >= 0.3 is 11.2 Å². The molecule has 24 heavy (non-hydrogen) atoms. The largest absolute Gasteiger partial charge is 0.385 e. The molecule has 0 radical (unpaired) electrons. The highest BCUT2D eigenvalue weighted by atomic mass is 16.6. The van der Waals surface area contributed by atoms with Gasteiger partial charge in [-0.25, -0.2) is 0 Å². The number of nitro groups is 1. The fourth-order valence-corrected chi connectivity index (χ4v) is 1.50. The van der Waals surface area contributed by atoms with Crippen LogP contribution in [0.4, 0.5) is 17.5 Å². The first-order valence-corrected chi connectivity index (χ1v) is 7.27. The zero-order valence-electron chi connectivity index (χ0n) is 13.9. The Balaban J connectivity index is 0.00000254. The molecule has 1 aromatic heterocycles. The van der Waals surface area contributed by atoms with Gasteiger partial charge in [0, 0.05) is 6.92 Å². The maximum Gasteiger partial charge on any atom is 0.375 e. The third kappa shape index (κ3) is 6.12. The summed E-state index contributed by atoms with van der Waals surface area (Å²) in [7, 11) is 0. The van der Waals surface area contributed by atoms with Crippen LogP contribution in [0.3, 0.4) is 0 Å². The Hall–Kier alpha value is -2.82. The number of carbonyl (C=O) groups excluding carboxylic acids is 2. The van der Waals surface area contributed by atoms with Crippen molar-refractivity contribution in [3.8, 4) is 0 Å². The van der Waals surface area contributed by atoms with E-state index in [0.29, 0.717) is 0 Å². The number of hydrogen-bond donors (Lipinski definition) is 4. The Morgan fingerprint density at radius 3 is 2.46 bits per heavy atom. The highest BCUT2D eigenvalue weighted by Gasteiger charge is 2.24. The lowest BCUT2D eigenvalue weighted by atomic mass is 10.2. The van der Waals surface area contributed by atoms with Crippen molar-refractivity contribution >= 4 is 29.1 Å². The number of nitrogens with one attached hydrogen (secondary N) is 3. The van der Waals surface area contributed by atoms with Crippen LogP contribution < -0.4 is 16.2 Å². The van der Waals surface area contributed by atoms with Crippen LogP contribution in [0.2, 0.25) is 0 Å². The predicted octanol–water partition coefficient (Wildman–Crippen LogP) is 0.415. The lowest BCUT2D eigenvalue weighted by molar-refractivity contribution is -0.385. The molecule has 0 bridgehead atoms. The number of aromatic amines is 1. The van der Waals surface area contributed by atoms with E-state index in [2.05, 4.69) is 15.6 Å². The maximum atomic E-state index is 11.7. The molecule has 0 saturated carbocycles. The van der Waals surface area contributed by atoms with E-state index in [1.807, 2.05) is 18.8 Å². The summed E-state index contributed by atoms with van der Waals surface area (Å²) in [5, 5.41) is 24.7. The number of carbonyl (C=O) groups is 2. The first-order chi connectivity index (χ1) is 11.3. The van der Waals surface area contributed by atoms with Gasteiger partial charge < -0.3 is 10.4 Å². The van der Waals surface area contributed by atoms with Gasteiger partial charge in [0.05, 0.1) is 11.5 Å². The minimum absolute atomic E-state index is 0.183. The fraction of sp³-hybridized carbons (Fsp3) is 0.538. The molecule has 0 aromatic carbocycles. The summed E-state index contributed by atoms with van der Waals surface area (Å²) < 4.78 is 0. The van der Waals surface area contributed by atoms with E-state index in [1.165, 1.54) is 0 Å². The second-order valence-electron chi connectivity index (χ2n) is 4.29. The number of aliphatic hydroxyl groups excluding tert-OH is 1. The van der Waals surface area contributed by atoms with E-state index in [-0.39, 0.29) is 12.4 Å². The van der Waals surface area contributed by atoms with Gasteiger partial charge in [-0.2, -0.15) is 4.98 Å². The first-order valence-electron chi connectivity index (χ1n) is 7.27. The normalized spacial score (nSPS) is 10.9. The Kier molecular flexibility index (Phi) is 8.87. The van der Waals surface area contributed by atoms with Gasteiger partial charge in [-0.1, -0.05) is 20.8 Å². The molecule has 0 aliphatic heterocycles. The lowest BCUT2D eigenvalue weighted by Gasteiger charge is -2.09. The van der Waals surface area contributed by atoms with Gasteiger partial charge in [-0.3, -0.25) is 34.8 Å². The highest BCUT2D eigenvalue weighted by molar-refractivity contribution is 5.88. The summed E-state index contributed by atoms with van der Waals surface area (Å²) in [5.41, 5.74) is -1.98. The SMILES string of the molecule is CC.CCC(O)C(=O)CNc1nc(NC(C)=O)[nH]c(=O)c1[N+](=O)[O-]. The molecule has 0 spiro atoms. The molecule has 0 fully saturated rings. The molecule has 134 valence electrons. The van der Waals surface area contributed by atoms with Crippen molar-refractivity contribution < 1.29 is 19.6 Å². The number of hydrogen-bond acceptors (Lipinski definition) is 8. The molecule has 0 aliphatic carbocycles. The minimum atomic E-state index is -1.22. The average Bonchev–Trinajstić information content (AvgIpc) is 2.52. The summed E-state index contributed by atoms with van der Waals surface area (Å²) in [6.07, 6.45) is -1.04. The van der Waals surface area contributed by atoms with Gasteiger partial charge in [0.25, 0.3) is 0 Å². The molecule has 1 unspecified atom stereocenters. The van der Waals surface area contributed by atoms with E-state index < -0.39 is 46.3 Å². The zero-order chi connectivity index (χ0) is 18.9. The van der Waals surface area contributed by atoms with Crippen LogP contribution in [0.25, 0.3) is 0 Å². The van der Waals surface area contributed by atoms with E-state index in [9.17, 15) is 29.6 Å². The number of anilines is 2. The van der Waals surface area contributed by atoms with Crippen LogP contribution in [0.15, 0.2) is 4.79 Å². The number of ketones is 1. The topological polar surface area (TPSA) is 167 Å². The van der Waals surface area contributed by atoms with E-state index in [1.54, 1.807) is 6.92 Å². The summed E-state index contributed by atoms with van der Waals surface area (Å²) in [5.74, 6) is -1.93. The van der Waals surface area contributed by atoms with Crippen molar-refractivity contribution in [2.45, 2.75) is 40.2 Å². The number of amides is 1. The second kappa shape index (κ2) is 10.0. The van der Waals surface area contributed by atoms with Crippen molar-refractivity contribution in [2.75, 3.05) is 17.2 Å². The lowest BCUT2D eigenvalue weighted by Crippen LogP contribution is -2.28. The Morgan fingerprint density at radius 1 is 1.42 bits per heavy atom. The Morgan fingerprint density at radius 2 is 2.00 bits per heavy atom. The maximum absolute atomic E-state index is 11.7. The van der Waals surface area contributed by atoms with Gasteiger partial charge in [0.1, 0.15) is 6.10 Å². The summed E-state index contributed by atoms with van der Waals surface area (Å²) in [4.78, 5) is 49.7. The molecular formula is C13H21N5O6. The van der Waals surface area contributed by atoms with Crippen LogP contribution in [0.5, 0.6) is 0 Å². The van der Waals surface area contributed by atoms with Crippen molar-refractivity contribution in [2.24, 2.45) is 0 Å². The van der Waals surface area contributed by atoms with Crippen LogP contribution in [-0.4, -0.2) is 44.3 Å². The third-order valence-corrected chi connectivity index (χ3v) is 2.56. The molecule has 11 heteroatoms. The number of H-pyrrole nitrogens is 1. The van der Waals surface area contributed by atoms with Crippen LogP contribution in [0.1, 0.15) is 34.1 Å². The molecule has 0 aliphatic rings. The van der Waals surface area contributed by atoms with Crippen molar-refractivity contribution in [1.29, 1.82) is 0 Å². The van der Waals surface area contributed by atoms with Crippen LogP contribution in [-0.2, 0) is 9.59 Å². The van der Waals surface area contributed by atoms with Gasteiger partial charge in [-0.15, -0.1) is 0 Å². The smallest absolute Gasteiger partial charge is 0.375 e. The monoisotopic (exact) mass is 343 g/mol.